The molecule has 122 valence electrons. The van der Waals surface area contributed by atoms with Crippen LogP contribution in [0, 0.1) is 0 Å². The molecule has 6 nitrogen and oxygen atoms in total. The average Bonchev–Trinajstić information content (AvgIpc) is 2.45. The molecule has 1 saturated carbocycles. The lowest BCUT2D eigenvalue weighted by atomic mass is 9.76. The van der Waals surface area contributed by atoms with E-state index in [1.54, 1.807) is 0 Å². The third-order valence-corrected chi connectivity index (χ3v) is 4.54. The SMILES string of the molecule is CCN(CC)C(=O)N1CCN(C(=O)C2(N)CCC2)CC1.Cl. The molecule has 21 heavy (non-hydrogen) atoms. The van der Waals surface area contributed by atoms with Crippen molar-refractivity contribution in [1.82, 2.24) is 14.7 Å². The number of amides is 3. The number of nitrogens with two attached hydrogens (primary N) is 1. The first kappa shape index (κ1) is 18.0. The third kappa shape index (κ3) is 3.61. The molecular formula is C14H27ClN4O2. The normalized spacial score (nSPS) is 20.3. The van der Waals surface area contributed by atoms with Crippen LogP contribution in [0.3, 0.4) is 0 Å². The zero-order chi connectivity index (χ0) is 14.8. The number of rotatable bonds is 3. The third-order valence-electron chi connectivity index (χ3n) is 4.54. The summed E-state index contributed by atoms with van der Waals surface area (Å²) in [6.45, 7) is 7.83. The molecule has 0 unspecified atom stereocenters. The molecule has 1 aliphatic carbocycles. The molecule has 0 atom stereocenters. The average molecular weight is 319 g/mol. The fourth-order valence-electron chi connectivity index (χ4n) is 2.88. The number of urea groups is 1. The molecule has 0 aromatic carbocycles. The van der Waals surface area contributed by atoms with Crippen LogP contribution in [0.1, 0.15) is 33.1 Å². The Bertz CT molecular complexity index is 375. The monoisotopic (exact) mass is 318 g/mol. The Kier molecular flexibility index (Phi) is 6.28. The van der Waals surface area contributed by atoms with E-state index in [0.717, 1.165) is 32.4 Å². The maximum atomic E-state index is 12.3. The Morgan fingerprint density at radius 2 is 1.52 bits per heavy atom. The van der Waals surface area contributed by atoms with E-state index in [9.17, 15) is 9.59 Å². The van der Waals surface area contributed by atoms with Crippen LogP contribution in [-0.2, 0) is 4.79 Å². The van der Waals surface area contributed by atoms with E-state index in [2.05, 4.69) is 0 Å². The van der Waals surface area contributed by atoms with Crippen LogP contribution in [0.2, 0.25) is 0 Å². The van der Waals surface area contributed by atoms with Crippen molar-refractivity contribution in [3.8, 4) is 0 Å². The molecule has 1 saturated heterocycles. The number of halogens is 1. The van der Waals surface area contributed by atoms with E-state index < -0.39 is 5.54 Å². The van der Waals surface area contributed by atoms with Gasteiger partial charge in [-0.15, -0.1) is 12.4 Å². The highest BCUT2D eigenvalue weighted by Gasteiger charge is 2.43. The highest BCUT2D eigenvalue weighted by Crippen LogP contribution is 2.31. The quantitative estimate of drug-likeness (QED) is 0.840. The van der Waals surface area contributed by atoms with Crippen LogP contribution < -0.4 is 5.73 Å². The number of hydrogen-bond donors (Lipinski definition) is 1. The Labute approximate surface area is 133 Å². The molecule has 7 heteroatoms. The van der Waals surface area contributed by atoms with Gasteiger partial charge in [-0.05, 0) is 33.1 Å². The molecule has 3 amide bonds. The van der Waals surface area contributed by atoms with Crippen LogP contribution in [-0.4, -0.2) is 71.4 Å². The maximum absolute atomic E-state index is 12.3. The van der Waals surface area contributed by atoms with Crippen LogP contribution in [0.15, 0.2) is 0 Å². The summed E-state index contributed by atoms with van der Waals surface area (Å²) in [5, 5.41) is 0. The molecule has 2 aliphatic rings. The van der Waals surface area contributed by atoms with Gasteiger partial charge in [-0.1, -0.05) is 0 Å². The molecule has 0 radical (unpaired) electrons. The van der Waals surface area contributed by atoms with Crippen molar-refractivity contribution in [3.05, 3.63) is 0 Å². The summed E-state index contributed by atoms with van der Waals surface area (Å²) >= 11 is 0. The highest BCUT2D eigenvalue weighted by atomic mass is 35.5. The highest BCUT2D eigenvalue weighted by molar-refractivity contribution is 5.87. The Balaban J connectivity index is 0.00000220. The van der Waals surface area contributed by atoms with Crippen molar-refractivity contribution in [2.24, 2.45) is 5.73 Å². The van der Waals surface area contributed by atoms with Gasteiger partial charge in [-0.25, -0.2) is 4.79 Å². The van der Waals surface area contributed by atoms with E-state index in [-0.39, 0.29) is 24.3 Å². The summed E-state index contributed by atoms with van der Waals surface area (Å²) in [6, 6.07) is 0.0770. The van der Waals surface area contributed by atoms with E-state index >= 15 is 0 Å². The van der Waals surface area contributed by atoms with Crippen LogP contribution in [0.25, 0.3) is 0 Å². The summed E-state index contributed by atoms with van der Waals surface area (Å²) in [7, 11) is 0. The van der Waals surface area contributed by atoms with Crippen molar-refractivity contribution in [2.75, 3.05) is 39.3 Å². The second kappa shape index (κ2) is 7.31. The summed E-state index contributed by atoms with van der Waals surface area (Å²) in [4.78, 5) is 30.0. The lowest BCUT2D eigenvalue weighted by Gasteiger charge is -2.43. The molecule has 0 aromatic heterocycles. The minimum atomic E-state index is -0.620. The second-order valence-corrected chi connectivity index (χ2v) is 5.74. The Morgan fingerprint density at radius 1 is 1.05 bits per heavy atom. The van der Waals surface area contributed by atoms with Crippen LogP contribution in [0.4, 0.5) is 4.79 Å². The zero-order valence-electron chi connectivity index (χ0n) is 13.0. The first-order valence-electron chi connectivity index (χ1n) is 7.64. The molecule has 0 spiro atoms. The molecule has 1 aliphatic heterocycles. The topological polar surface area (TPSA) is 69.9 Å². The molecule has 2 rings (SSSR count). The molecule has 2 fully saturated rings. The Hall–Kier alpha value is -1.01. The van der Waals surface area contributed by atoms with E-state index in [0.29, 0.717) is 26.2 Å². The van der Waals surface area contributed by atoms with E-state index in [1.807, 2.05) is 28.5 Å². The number of carbonyl (C=O) groups is 2. The summed E-state index contributed by atoms with van der Waals surface area (Å²) < 4.78 is 0. The van der Waals surface area contributed by atoms with Gasteiger partial charge in [0.05, 0.1) is 5.54 Å². The molecule has 0 bridgehead atoms. The van der Waals surface area contributed by atoms with Gasteiger partial charge in [0.2, 0.25) is 5.91 Å². The number of hydrogen-bond acceptors (Lipinski definition) is 3. The Morgan fingerprint density at radius 3 is 1.90 bits per heavy atom. The van der Waals surface area contributed by atoms with Crippen LogP contribution >= 0.6 is 12.4 Å². The predicted molar refractivity (Wildman–Crippen MR) is 84.5 cm³/mol. The van der Waals surface area contributed by atoms with Gasteiger partial charge in [0.15, 0.2) is 0 Å². The molecular weight excluding hydrogens is 292 g/mol. The fraction of sp³-hybridized carbons (Fsp3) is 0.857. The standard InChI is InChI=1S/C14H26N4O2.ClH/c1-3-16(4-2)13(20)18-10-8-17(9-11-18)12(19)14(15)6-5-7-14;/h3-11,15H2,1-2H3;1H. The van der Waals surface area contributed by atoms with Crippen molar-refractivity contribution in [1.29, 1.82) is 0 Å². The van der Waals surface area contributed by atoms with Gasteiger partial charge in [0, 0.05) is 39.3 Å². The second-order valence-electron chi connectivity index (χ2n) is 5.74. The van der Waals surface area contributed by atoms with Crippen molar-refractivity contribution in [2.45, 2.75) is 38.6 Å². The van der Waals surface area contributed by atoms with Crippen molar-refractivity contribution >= 4 is 24.3 Å². The van der Waals surface area contributed by atoms with Gasteiger partial charge in [-0.2, -0.15) is 0 Å². The summed E-state index contributed by atoms with van der Waals surface area (Å²) in [5.74, 6) is 0.0682. The van der Waals surface area contributed by atoms with Gasteiger partial charge >= 0.3 is 6.03 Å². The fourth-order valence-corrected chi connectivity index (χ4v) is 2.88. The lowest BCUT2D eigenvalue weighted by Crippen LogP contribution is -2.63. The van der Waals surface area contributed by atoms with Gasteiger partial charge < -0.3 is 20.4 Å². The summed E-state index contributed by atoms with van der Waals surface area (Å²) in [6.07, 6.45) is 2.64. The van der Waals surface area contributed by atoms with Crippen molar-refractivity contribution < 1.29 is 9.59 Å². The number of carbonyl (C=O) groups excluding carboxylic acids is 2. The lowest BCUT2D eigenvalue weighted by molar-refractivity contribution is -0.141. The number of nitrogens with zero attached hydrogens (tertiary/aromatic N) is 3. The number of piperazine rings is 1. The minimum Gasteiger partial charge on any atom is -0.338 e. The van der Waals surface area contributed by atoms with E-state index in [1.165, 1.54) is 0 Å². The minimum absolute atomic E-state index is 0. The predicted octanol–water partition coefficient (Wildman–Crippen LogP) is 0.896. The van der Waals surface area contributed by atoms with E-state index in [4.69, 9.17) is 5.73 Å². The smallest absolute Gasteiger partial charge is 0.320 e. The largest absolute Gasteiger partial charge is 0.338 e. The molecule has 2 N–H and O–H groups in total. The van der Waals surface area contributed by atoms with Gasteiger partial charge in [-0.3, -0.25) is 4.79 Å². The van der Waals surface area contributed by atoms with Crippen molar-refractivity contribution in [3.63, 3.8) is 0 Å². The summed E-state index contributed by atoms with van der Waals surface area (Å²) in [5.41, 5.74) is 5.46. The molecule has 0 aromatic rings. The first-order chi connectivity index (χ1) is 9.51. The van der Waals surface area contributed by atoms with Crippen LogP contribution in [0.5, 0.6) is 0 Å². The van der Waals surface area contributed by atoms with Gasteiger partial charge in [0.25, 0.3) is 0 Å². The maximum Gasteiger partial charge on any atom is 0.320 e. The zero-order valence-corrected chi connectivity index (χ0v) is 13.8. The molecule has 1 heterocycles. The first-order valence-corrected chi connectivity index (χ1v) is 7.64. The van der Waals surface area contributed by atoms with Gasteiger partial charge in [0.1, 0.15) is 0 Å².